The van der Waals surface area contributed by atoms with Crippen molar-refractivity contribution in [1.29, 1.82) is 0 Å². The lowest BCUT2D eigenvalue weighted by Gasteiger charge is -2.31. The van der Waals surface area contributed by atoms with E-state index in [0.717, 1.165) is 32.1 Å². The molecule has 1 aliphatic carbocycles. The van der Waals surface area contributed by atoms with Gasteiger partial charge in [0.2, 0.25) is 5.91 Å². The second kappa shape index (κ2) is 8.11. The van der Waals surface area contributed by atoms with Crippen LogP contribution in [-0.4, -0.2) is 43.8 Å². The van der Waals surface area contributed by atoms with Crippen molar-refractivity contribution in [3.05, 3.63) is 27.9 Å². The molecule has 0 bridgehead atoms. The number of carbonyl (C=O) groups excluding carboxylic acids is 1. The van der Waals surface area contributed by atoms with Crippen LogP contribution in [0.25, 0.3) is 0 Å². The van der Waals surface area contributed by atoms with Crippen molar-refractivity contribution in [3.63, 3.8) is 0 Å². The Kier molecular flexibility index (Phi) is 6.36. The first-order valence-electron chi connectivity index (χ1n) is 7.95. The Bertz CT molecular complexity index is 699. The number of H-pyrrole nitrogens is 1. The highest BCUT2D eigenvalue weighted by Crippen LogP contribution is 2.26. The topological polar surface area (TPSA) is 83.1 Å². The van der Waals surface area contributed by atoms with Gasteiger partial charge in [0.15, 0.2) is 5.69 Å². The molecule has 0 spiro atoms. The molecule has 2 rings (SSSR count). The first-order valence-corrected chi connectivity index (χ1v) is 9.43. The molecule has 140 valence electrons. The lowest BCUT2D eigenvalue weighted by atomic mass is 9.94. The highest BCUT2D eigenvalue weighted by molar-refractivity contribution is 7.84. The predicted molar refractivity (Wildman–Crippen MR) is 86.2 cm³/mol. The summed E-state index contributed by atoms with van der Waals surface area (Å²) in [6.45, 7) is 0. The van der Waals surface area contributed by atoms with Crippen molar-refractivity contribution in [2.45, 2.75) is 50.1 Å². The molecule has 1 aromatic heterocycles. The molecule has 1 amide bonds. The summed E-state index contributed by atoms with van der Waals surface area (Å²) < 4.78 is 50.1. The average Bonchev–Trinajstić information content (AvgIpc) is 2.53. The van der Waals surface area contributed by atoms with E-state index in [2.05, 4.69) is 9.97 Å². The van der Waals surface area contributed by atoms with Crippen LogP contribution in [-0.2, 0) is 27.5 Å². The third-order valence-corrected chi connectivity index (χ3v) is 5.34. The maximum Gasteiger partial charge on any atom is 0.433 e. The Hall–Kier alpha value is -1.71. The van der Waals surface area contributed by atoms with Gasteiger partial charge in [-0.2, -0.15) is 13.2 Å². The number of aromatic amines is 1. The fourth-order valence-electron chi connectivity index (χ4n) is 2.84. The van der Waals surface area contributed by atoms with E-state index in [1.165, 1.54) is 0 Å². The molecule has 25 heavy (non-hydrogen) atoms. The van der Waals surface area contributed by atoms with Crippen LogP contribution in [0.4, 0.5) is 13.2 Å². The number of rotatable bonds is 5. The molecule has 6 nitrogen and oxygen atoms in total. The van der Waals surface area contributed by atoms with Crippen LogP contribution in [0.1, 0.15) is 43.6 Å². The highest BCUT2D eigenvalue weighted by atomic mass is 32.2. The van der Waals surface area contributed by atoms with Crippen molar-refractivity contribution >= 4 is 16.7 Å². The average molecular weight is 379 g/mol. The van der Waals surface area contributed by atoms with Gasteiger partial charge in [0.05, 0.1) is 5.75 Å². The number of nitrogens with zero attached hydrogens (tertiary/aromatic N) is 2. The second-order valence-electron chi connectivity index (χ2n) is 6.10. The molecule has 1 fully saturated rings. The van der Waals surface area contributed by atoms with Crippen molar-refractivity contribution in [3.8, 4) is 0 Å². The number of amides is 1. The van der Waals surface area contributed by atoms with E-state index in [0.29, 0.717) is 6.07 Å². The molecule has 10 heteroatoms. The number of carbonyl (C=O) groups is 1. The normalized spacial score (nSPS) is 17.3. The minimum atomic E-state index is -4.76. The SMILES string of the molecule is CN(C(=O)C[S@](=O)Cc1nc(C(F)(F)F)cc(=O)[nH]1)C1CCCCC1. The first-order chi connectivity index (χ1) is 11.7. The van der Waals surface area contributed by atoms with E-state index >= 15 is 0 Å². The Morgan fingerprint density at radius 1 is 1.36 bits per heavy atom. The van der Waals surface area contributed by atoms with Gasteiger partial charge in [0.25, 0.3) is 5.56 Å². The fraction of sp³-hybridized carbons (Fsp3) is 0.667. The Morgan fingerprint density at radius 3 is 2.60 bits per heavy atom. The molecule has 1 N–H and O–H groups in total. The third-order valence-electron chi connectivity index (χ3n) is 4.18. The summed E-state index contributed by atoms with van der Waals surface area (Å²) >= 11 is 0. The van der Waals surface area contributed by atoms with E-state index in [1.54, 1.807) is 11.9 Å². The quantitative estimate of drug-likeness (QED) is 0.846. The van der Waals surface area contributed by atoms with Gasteiger partial charge in [-0.05, 0) is 12.8 Å². The zero-order valence-corrected chi connectivity index (χ0v) is 14.6. The van der Waals surface area contributed by atoms with Crippen molar-refractivity contribution < 1.29 is 22.2 Å². The minimum absolute atomic E-state index is 0.115. The second-order valence-corrected chi connectivity index (χ2v) is 7.56. The number of nitrogens with one attached hydrogen (secondary N) is 1. The molecule has 1 aromatic rings. The van der Waals surface area contributed by atoms with Gasteiger partial charge >= 0.3 is 6.18 Å². The number of hydrogen-bond acceptors (Lipinski definition) is 4. The van der Waals surface area contributed by atoms with Gasteiger partial charge in [-0.1, -0.05) is 19.3 Å². The maximum atomic E-state index is 12.7. The van der Waals surface area contributed by atoms with Crippen molar-refractivity contribution in [1.82, 2.24) is 14.9 Å². The monoisotopic (exact) mass is 379 g/mol. The van der Waals surface area contributed by atoms with Gasteiger partial charge in [0, 0.05) is 30.0 Å². The molecule has 0 aliphatic heterocycles. The standard InChI is InChI=1S/C15H20F3N3O3S/c1-21(10-5-3-2-4-6-10)14(23)9-25(24)8-12-19-11(15(16,17)18)7-13(22)20-12/h7,10H,2-6,8-9H2,1H3,(H,19,20,22)/t25-/m1/s1. The number of hydrogen-bond donors (Lipinski definition) is 1. The van der Waals surface area contributed by atoms with Crippen molar-refractivity contribution in [2.75, 3.05) is 12.8 Å². The summed E-state index contributed by atoms with van der Waals surface area (Å²) in [5.41, 5.74) is -2.31. The fourth-order valence-corrected chi connectivity index (χ4v) is 3.86. The molecule has 0 radical (unpaired) electrons. The zero-order valence-electron chi connectivity index (χ0n) is 13.8. The molecule has 1 saturated carbocycles. The first kappa shape index (κ1) is 19.6. The summed E-state index contributed by atoms with van der Waals surface area (Å²) in [4.78, 5) is 30.5. The van der Waals surface area contributed by atoms with E-state index in [1.807, 2.05) is 0 Å². The number of aromatic nitrogens is 2. The van der Waals surface area contributed by atoms with Gasteiger partial charge in [-0.3, -0.25) is 13.8 Å². The van der Waals surface area contributed by atoms with Gasteiger partial charge in [0.1, 0.15) is 11.6 Å². The summed E-state index contributed by atoms with van der Waals surface area (Å²) in [6, 6.07) is 0.457. The van der Waals surface area contributed by atoms with Crippen LogP contribution in [0, 0.1) is 0 Å². The van der Waals surface area contributed by atoms with Crippen LogP contribution in [0.15, 0.2) is 10.9 Å². The van der Waals surface area contributed by atoms with Gasteiger partial charge < -0.3 is 9.88 Å². The smallest absolute Gasteiger partial charge is 0.342 e. The molecular weight excluding hydrogens is 359 g/mol. The maximum absolute atomic E-state index is 12.7. The Labute approximate surface area is 145 Å². The van der Waals surface area contributed by atoms with Crippen molar-refractivity contribution in [2.24, 2.45) is 0 Å². The zero-order chi connectivity index (χ0) is 18.6. The molecule has 1 atom stereocenters. The molecule has 1 aliphatic rings. The van der Waals surface area contributed by atoms with Crippen LogP contribution < -0.4 is 5.56 Å². The van der Waals surface area contributed by atoms with E-state index < -0.39 is 34.0 Å². The Balaban J connectivity index is 1.99. The van der Waals surface area contributed by atoms with Crippen LogP contribution in [0.5, 0.6) is 0 Å². The lowest BCUT2D eigenvalue weighted by molar-refractivity contribution is -0.141. The summed E-state index contributed by atoms with van der Waals surface area (Å²) in [6.07, 6.45) is 0.261. The molecule has 0 saturated heterocycles. The van der Waals surface area contributed by atoms with Crippen LogP contribution >= 0.6 is 0 Å². The third kappa shape index (κ3) is 5.65. The highest BCUT2D eigenvalue weighted by Gasteiger charge is 2.33. The Morgan fingerprint density at radius 2 is 2.00 bits per heavy atom. The number of alkyl halides is 3. The number of halogens is 3. The summed E-state index contributed by atoms with van der Waals surface area (Å²) in [5, 5.41) is 0. The summed E-state index contributed by atoms with van der Waals surface area (Å²) in [7, 11) is -0.108. The molecule has 0 unspecified atom stereocenters. The minimum Gasteiger partial charge on any atom is -0.342 e. The van der Waals surface area contributed by atoms with E-state index in [4.69, 9.17) is 0 Å². The lowest BCUT2D eigenvalue weighted by Crippen LogP contribution is -2.40. The van der Waals surface area contributed by atoms with Gasteiger partial charge in [-0.25, -0.2) is 4.98 Å². The van der Waals surface area contributed by atoms with E-state index in [9.17, 15) is 27.0 Å². The molecular formula is C15H20F3N3O3S. The van der Waals surface area contributed by atoms with Crippen LogP contribution in [0.2, 0.25) is 0 Å². The largest absolute Gasteiger partial charge is 0.433 e. The van der Waals surface area contributed by atoms with Gasteiger partial charge in [-0.15, -0.1) is 0 Å². The molecule has 1 heterocycles. The predicted octanol–water partition coefficient (Wildman–Crippen LogP) is 1.83. The molecule has 0 aromatic carbocycles. The summed E-state index contributed by atoms with van der Waals surface area (Å²) in [5.74, 6) is -1.39. The van der Waals surface area contributed by atoms with Crippen LogP contribution in [0.3, 0.4) is 0 Å². The van der Waals surface area contributed by atoms with E-state index in [-0.39, 0.29) is 23.5 Å².